The van der Waals surface area contributed by atoms with Gasteiger partial charge in [0.05, 0.1) is 11.4 Å². The first-order chi connectivity index (χ1) is 14.6. The molecule has 30 heavy (non-hydrogen) atoms. The quantitative estimate of drug-likeness (QED) is 0.351. The van der Waals surface area contributed by atoms with E-state index >= 15 is 0 Å². The van der Waals surface area contributed by atoms with Gasteiger partial charge < -0.3 is 16.0 Å². The lowest BCUT2D eigenvalue weighted by molar-refractivity contribution is 0.102. The fraction of sp³-hybridized carbons (Fsp3) is 0.269. The first-order valence-corrected chi connectivity index (χ1v) is 10.6. The van der Waals surface area contributed by atoms with E-state index in [-0.39, 0.29) is 5.91 Å². The highest BCUT2D eigenvalue weighted by Crippen LogP contribution is 2.27. The number of anilines is 2. The molecule has 1 amide bonds. The molecule has 3 aromatic carbocycles. The highest BCUT2D eigenvalue weighted by atomic mass is 16.1. The monoisotopic (exact) mass is 401 g/mol. The van der Waals surface area contributed by atoms with Crippen molar-refractivity contribution in [3.63, 3.8) is 0 Å². The topological polar surface area (TPSA) is 58.4 Å². The number of nitrogens with two attached hydrogens (primary N) is 1. The molecule has 3 N–H and O–H groups in total. The van der Waals surface area contributed by atoms with E-state index in [1.165, 1.54) is 24.8 Å². The summed E-state index contributed by atoms with van der Waals surface area (Å²) < 4.78 is 0. The van der Waals surface area contributed by atoms with E-state index in [0.717, 1.165) is 24.2 Å². The Morgan fingerprint density at radius 1 is 0.933 bits per heavy atom. The van der Waals surface area contributed by atoms with Crippen LogP contribution in [0.3, 0.4) is 0 Å². The fourth-order valence-electron chi connectivity index (χ4n) is 3.45. The van der Waals surface area contributed by atoms with Gasteiger partial charge in [-0.15, -0.1) is 0 Å². The van der Waals surface area contributed by atoms with Crippen LogP contribution in [-0.4, -0.2) is 24.4 Å². The summed E-state index contributed by atoms with van der Waals surface area (Å²) in [6.07, 6.45) is 3.71. The summed E-state index contributed by atoms with van der Waals surface area (Å²) in [5.74, 6) is -0.158. The van der Waals surface area contributed by atoms with Crippen LogP contribution in [0.2, 0.25) is 0 Å². The number of hydrogen-bond donors (Lipinski definition) is 2. The average Bonchev–Trinajstić information content (AvgIpc) is 2.76. The summed E-state index contributed by atoms with van der Waals surface area (Å²) in [5, 5.41) is 2.96. The Kier molecular flexibility index (Phi) is 7.63. The van der Waals surface area contributed by atoms with Crippen molar-refractivity contribution in [2.24, 2.45) is 0 Å². The van der Waals surface area contributed by atoms with Crippen molar-refractivity contribution in [3.05, 3.63) is 83.9 Å². The highest BCUT2D eigenvalue weighted by Gasteiger charge is 2.10. The second kappa shape index (κ2) is 10.6. The van der Waals surface area contributed by atoms with Crippen molar-refractivity contribution in [3.8, 4) is 11.1 Å². The minimum absolute atomic E-state index is 0.158. The van der Waals surface area contributed by atoms with Crippen molar-refractivity contribution in [2.45, 2.75) is 32.7 Å². The van der Waals surface area contributed by atoms with Gasteiger partial charge in [-0.3, -0.25) is 4.79 Å². The molecule has 0 saturated carbocycles. The lowest BCUT2D eigenvalue weighted by Gasteiger charge is -2.16. The molecule has 3 rings (SSSR count). The molecule has 0 unspecified atom stereocenters. The van der Waals surface area contributed by atoms with E-state index in [1.807, 2.05) is 72.8 Å². The second-order valence-electron chi connectivity index (χ2n) is 7.76. The molecule has 0 aliphatic heterocycles. The zero-order valence-corrected chi connectivity index (χ0v) is 17.9. The number of nitrogen functional groups attached to an aromatic ring is 1. The zero-order valence-electron chi connectivity index (χ0n) is 17.9. The van der Waals surface area contributed by atoms with Gasteiger partial charge in [0.1, 0.15) is 0 Å². The van der Waals surface area contributed by atoms with E-state index in [9.17, 15) is 4.79 Å². The Morgan fingerprint density at radius 2 is 1.67 bits per heavy atom. The molecule has 0 atom stereocenters. The molecule has 0 heterocycles. The first kappa shape index (κ1) is 21.6. The van der Waals surface area contributed by atoms with Crippen LogP contribution in [0.1, 0.15) is 42.1 Å². The number of carbonyl (C=O) groups is 1. The minimum atomic E-state index is -0.158. The molecule has 0 aliphatic carbocycles. The van der Waals surface area contributed by atoms with Crippen LogP contribution in [0, 0.1) is 0 Å². The van der Waals surface area contributed by atoms with Gasteiger partial charge in [0.25, 0.3) is 5.91 Å². The SMILES string of the molecule is CCCCCN(C)Cc1ccc(C(=O)Nc2cc(-c3ccccc3)ccc2N)cc1. The molecule has 4 nitrogen and oxygen atoms in total. The van der Waals surface area contributed by atoms with Gasteiger partial charge in [0.2, 0.25) is 0 Å². The highest BCUT2D eigenvalue weighted by molar-refractivity contribution is 6.06. The molecular weight excluding hydrogens is 370 g/mol. The van der Waals surface area contributed by atoms with Gasteiger partial charge in [0, 0.05) is 12.1 Å². The maximum Gasteiger partial charge on any atom is 0.255 e. The normalized spacial score (nSPS) is 10.9. The van der Waals surface area contributed by atoms with Gasteiger partial charge >= 0.3 is 0 Å². The van der Waals surface area contributed by atoms with Gasteiger partial charge in [-0.1, -0.05) is 68.3 Å². The molecule has 0 radical (unpaired) electrons. The predicted molar refractivity (Wildman–Crippen MR) is 127 cm³/mol. The number of benzene rings is 3. The number of carbonyl (C=O) groups excluding carboxylic acids is 1. The van der Waals surface area contributed by atoms with Gasteiger partial charge in [0.15, 0.2) is 0 Å². The number of unbranched alkanes of at least 4 members (excludes halogenated alkanes) is 2. The van der Waals surface area contributed by atoms with Crippen LogP contribution in [0.4, 0.5) is 11.4 Å². The molecule has 0 spiro atoms. The van der Waals surface area contributed by atoms with Crippen LogP contribution in [-0.2, 0) is 6.54 Å². The molecule has 0 aliphatic rings. The van der Waals surface area contributed by atoms with E-state index in [4.69, 9.17) is 5.73 Å². The summed E-state index contributed by atoms with van der Waals surface area (Å²) in [5.41, 5.74) is 11.2. The van der Waals surface area contributed by atoms with E-state index in [0.29, 0.717) is 16.9 Å². The van der Waals surface area contributed by atoms with Gasteiger partial charge in [-0.05, 0) is 61.0 Å². The molecule has 4 heteroatoms. The Labute approximate surface area is 179 Å². The zero-order chi connectivity index (χ0) is 21.3. The third kappa shape index (κ3) is 5.94. The summed E-state index contributed by atoms with van der Waals surface area (Å²) in [6, 6.07) is 23.6. The lowest BCUT2D eigenvalue weighted by atomic mass is 10.0. The van der Waals surface area contributed by atoms with E-state index < -0.39 is 0 Å². The third-order valence-corrected chi connectivity index (χ3v) is 5.22. The van der Waals surface area contributed by atoms with E-state index in [1.54, 1.807) is 0 Å². The Balaban J connectivity index is 1.65. The number of rotatable bonds is 9. The average molecular weight is 402 g/mol. The van der Waals surface area contributed by atoms with Gasteiger partial charge in [-0.2, -0.15) is 0 Å². The minimum Gasteiger partial charge on any atom is -0.397 e. The second-order valence-corrected chi connectivity index (χ2v) is 7.76. The van der Waals surface area contributed by atoms with Crippen LogP contribution in [0.5, 0.6) is 0 Å². The third-order valence-electron chi connectivity index (χ3n) is 5.22. The largest absolute Gasteiger partial charge is 0.397 e. The Morgan fingerprint density at radius 3 is 2.37 bits per heavy atom. The van der Waals surface area contributed by atoms with E-state index in [2.05, 4.69) is 24.2 Å². The molecule has 0 bridgehead atoms. The molecule has 0 saturated heterocycles. The van der Waals surface area contributed by atoms with Crippen LogP contribution >= 0.6 is 0 Å². The fourth-order valence-corrected chi connectivity index (χ4v) is 3.45. The van der Waals surface area contributed by atoms with Crippen molar-refractivity contribution in [1.82, 2.24) is 4.90 Å². The number of nitrogens with zero attached hydrogens (tertiary/aromatic N) is 1. The van der Waals surface area contributed by atoms with Crippen LogP contribution < -0.4 is 11.1 Å². The smallest absolute Gasteiger partial charge is 0.255 e. The summed E-state index contributed by atoms with van der Waals surface area (Å²) in [7, 11) is 2.14. The standard InChI is InChI=1S/C26H31N3O/c1-3-4-8-17-29(2)19-20-11-13-22(14-12-20)26(30)28-25-18-23(15-16-24(25)27)21-9-6-5-7-10-21/h5-7,9-16,18H,3-4,8,17,19,27H2,1-2H3,(H,28,30). The molecule has 156 valence electrons. The van der Waals surface area contributed by atoms with Gasteiger partial charge in [-0.25, -0.2) is 0 Å². The van der Waals surface area contributed by atoms with Crippen LogP contribution in [0.25, 0.3) is 11.1 Å². The maximum absolute atomic E-state index is 12.7. The maximum atomic E-state index is 12.7. The van der Waals surface area contributed by atoms with Crippen molar-refractivity contribution in [2.75, 3.05) is 24.6 Å². The Bertz CT molecular complexity index is 952. The number of amides is 1. The van der Waals surface area contributed by atoms with Crippen molar-refractivity contribution in [1.29, 1.82) is 0 Å². The number of nitrogens with one attached hydrogen (secondary N) is 1. The summed E-state index contributed by atoms with van der Waals surface area (Å²) >= 11 is 0. The number of hydrogen-bond acceptors (Lipinski definition) is 3. The molecular formula is C26H31N3O. The molecule has 0 fully saturated rings. The summed E-state index contributed by atoms with van der Waals surface area (Å²) in [6.45, 7) is 4.19. The molecule has 0 aromatic heterocycles. The van der Waals surface area contributed by atoms with Crippen molar-refractivity contribution >= 4 is 17.3 Å². The predicted octanol–water partition coefficient (Wildman–Crippen LogP) is 5.81. The lowest BCUT2D eigenvalue weighted by Crippen LogP contribution is -2.19. The Hall–Kier alpha value is -3.11. The summed E-state index contributed by atoms with van der Waals surface area (Å²) in [4.78, 5) is 15.1. The first-order valence-electron chi connectivity index (χ1n) is 10.6. The van der Waals surface area contributed by atoms with Crippen LogP contribution in [0.15, 0.2) is 72.8 Å². The van der Waals surface area contributed by atoms with Crippen molar-refractivity contribution < 1.29 is 4.79 Å². The molecule has 3 aromatic rings.